The highest BCUT2D eigenvalue weighted by Gasteiger charge is 2.34. The minimum absolute atomic E-state index is 0.0799. The molecule has 0 radical (unpaired) electrons. The first kappa shape index (κ1) is 29.1. The van der Waals surface area contributed by atoms with Crippen molar-refractivity contribution in [1.82, 2.24) is 14.8 Å². The standard InChI is InChI=1S/C22H25F4N5O6S/c1-3-29(8-9-31(36-2)38(34,35)16-4-6-27-7-5-16)19-17(23)10-14(11-18(19)24)30-13-15(37-22(30)33)12-28-21(32)20(25)26/h4-7,10-11,15,20H,3,8-9,12-13H2,1-2H3,(H,28,32)/t15-/m0/s1. The van der Waals surface area contributed by atoms with Gasteiger partial charge >= 0.3 is 12.5 Å². The van der Waals surface area contributed by atoms with E-state index in [1.807, 2.05) is 5.32 Å². The molecule has 2 amide bonds. The maximum absolute atomic E-state index is 15.1. The Bertz CT molecular complexity index is 1230. The van der Waals surface area contributed by atoms with Crippen molar-refractivity contribution in [3.8, 4) is 0 Å². The van der Waals surface area contributed by atoms with Gasteiger partial charge in [-0.25, -0.2) is 22.0 Å². The van der Waals surface area contributed by atoms with Gasteiger partial charge in [-0.1, -0.05) is 4.47 Å². The zero-order valence-electron chi connectivity index (χ0n) is 20.3. The van der Waals surface area contributed by atoms with Gasteiger partial charge in [-0.15, -0.1) is 0 Å². The number of rotatable bonds is 12. The van der Waals surface area contributed by atoms with Crippen LogP contribution in [0.25, 0.3) is 0 Å². The zero-order chi connectivity index (χ0) is 28.0. The lowest BCUT2D eigenvalue weighted by Gasteiger charge is -2.28. The fraction of sp³-hybridized carbons (Fsp3) is 0.409. The molecule has 1 saturated heterocycles. The van der Waals surface area contributed by atoms with E-state index in [2.05, 4.69) is 4.98 Å². The van der Waals surface area contributed by atoms with Crippen LogP contribution in [0.5, 0.6) is 0 Å². The number of nitrogens with zero attached hydrogens (tertiary/aromatic N) is 4. The van der Waals surface area contributed by atoms with Crippen LogP contribution in [0.4, 0.5) is 33.7 Å². The lowest BCUT2D eigenvalue weighted by Crippen LogP contribution is -2.39. The summed E-state index contributed by atoms with van der Waals surface area (Å²) in [6.45, 7) is 0.624. The second-order valence-electron chi connectivity index (χ2n) is 7.90. The third kappa shape index (κ3) is 6.49. The number of hydrogen-bond acceptors (Lipinski definition) is 8. The van der Waals surface area contributed by atoms with E-state index < -0.39 is 58.4 Å². The lowest BCUT2D eigenvalue weighted by molar-refractivity contribution is -0.132. The largest absolute Gasteiger partial charge is 0.442 e. The van der Waals surface area contributed by atoms with Crippen molar-refractivity contribution in [2.24, 2.45) is 0 Å². The second kappa shape index (κ2) is 12.4. The van der Waals surface area contributed by atoms with Gasteiger partial charge in [0.25, 0.3) is 15.9 Å². The van der Waals surface area contributed by atoms with Gasteiger partial charge in [0.05, 0.1) is 37.3 Å². The maximum Gasteiger partial charge on any atom is 0.414 e. The molecule has 208 valence electrons. The molecule has 1 atom stereocenters. The molecule has 38 heavy (non-hydrogen) atoms. The van der Waals surface area contributed by atoms with E-state index in [-0.39, 0.29) is 36.8 Å². The fourth-order valence-corrected chi connectivity index (χ4v) is 4.93. The number of anilines is 2. The highest BCUT2D eigenvalue weighted by atomic mass is 32.2. The number of amides is 2. The van der Waals surface area contributed by atoms with Gasteiger partial charge in [0.2, 0.25) is 0 Å². The number of alkyl halides is 2. The van der Waals surface area contributed by atoms with Gasteiger partial charge < -0.3 is 15.0 Å². The van der Waals surface area contributed by atoms with E-state index in [1.54, 1.807) is 6.92 Å². The molecule has 3 rings (SSSR count). The van der Waals surface area contributed by atoms with Crippen LogP contribution in [0.1, 0.15) is 6.92 Å². The summed E-state index contributed by atoms with van der Waals surface area (Å²) in [6.07, 6.45) is -2.64. The number of likely N-dealkylation sites (N-methyl/N-ethyl adjacent to an activating group) is 1. The number of benzene rings is 1. The lowest BCUT2D eigenvalue weighted by atomic mass is 10.2. The molecular weight excluding hydrogens is 538 g/mol. The van der Waals surface area contributed by atoms with E-state index in [4.69, 9.17) is 9.57 Å². The predicted octanol–water partition coefficient (Wildman–Crippen LogP) is 2.14. The van der Waals surface area contributed by atoms with Gasteiger partial charge in [-0.2, -0.15) is 8.78 Å². The van der Waals surface area contributed by atoms with E-state index in [9.17, 15) is 26.8 Å². The second-order valence-corrected chi connectivity index (χ2v) is 9.73. The summed E-state index contributed by atoms with van der Waals surface area (Å²) in [4.78, 5) is 34.1. The van der Waals surface area contributed by atoms with Crippen molar-refractivity contribution in [1.29, 1.82) is 0 Å². The Morgan fingerprint density at radius 2 is 1.87 bits per heavy atom. The molecular formula is C22H25F4N5O6S. The number of carbonyl (C=O) groups excluding carboxylic acids is 2. The van der Waals surface area contributed by atoms with Crippen molar-refractivity contribution >= 4 is 33.4 Å². The third-order valence-electron chi connectivity index (χ3n) is 5.56. The first-order valence-corrected chi connectivity index (χ1v) is 12.7. The molecule has 0 bridgehead atoms. The molecule has 1 aromatic heterocycles. The molecule has 1 aromatic carbocycles. The van der Waals surface area contributed by atoms with Crippen LogP contribution in [-0.2, 0) is 24.4 Å². The molecule has 0 aliphatic carbocycles. The number of sulfonamides is 1. The Morgan fingerprint density at radius 1 is 1.24 bits per heavy atom. The van der Waals surface area contributed by atoms with Crippen molar-refractivity contribution in [2.75, 3.05) is 49.6 Å². The van der Waals surface area contributed by atoms with Crippen molar-refractivity contribution < 1.29 is 45.1 Å². The summed E-state index contributed by atoms with van der Waals surface area (Å²) in [5.74, 6) is -3.61. The van der Waals surface area contributed by atoms with E-state index in [0.717, 1.165) is 24.1 Å². The fourth-order valence-electron chi connectivity index (χ4n) is 3.71. The average Bonchev–Trinajstić information content (AvgIpc) is 3.26. The molecule has 2 aromatic rings. The highest BCUT2D eigenvalue weighted by Crippen LogP contribution is 2.31. The molecule has 0 spiro atoms. The van der Waals surface area contributed by atoms with E-state index in [1.165, 1.54) is 29.4 Å². The van der Waals surface area contributed by atoms with Gasteiger partial charge in [-0.3, -0.25) is 19.5 Å². The number of aromatic nitrogens is 1. The monoisotopic (exact) mass is 563 g/mol. The summed E-state index contributed by atoms with van der Waals surface area (Å²) in [7, 11) is -2.93. The molecule has 16 heteroatoms. The first-order chi connectivity index (χ1) is 18.0. The Kier molecular flexibility index (Phi) is 9.45. The zero-order valence-corrected chi connectivity index (χ0v) is 21.1. The molecule has 0 unspecified atom stereocenters. The number of carbonyl (C=O) groups is 2. The number of nitrogens with one attached hydrogen (secondary N) is 1. The summed E-state index contributed by atoms with van der Waals surface area (Å²) in [5, 5.41) is 1.91. The van der Waals surface area contributed by atoms with Gasteiger partial charge in [-0.05, 0) is 19.1 Å². The van der Waals surface area contributed by atoms with Crippen LogP contribution in [0.15, 0.2) is 41.6 Å². The van der Waals surface area contributed by atoms with E-state index >= 15 is 8.78 Å². The number of halogens is 4. The summed E-state index contributed by atoms with van der Waals surface area (Å²) >= 11 is 0. The Labute approximate surface area is 215 Å². The Balaban J connectivity index is 1.73. The van der Waals surface area contributed by atoms with Crippen LogP contribution < -0.4 is 15.1 Å². The minimum Gasteiger partial charge on any atom is -0.442 e. The third-order valence-corrected chi connectivity index (χ3v) is 7.30. The Morgan fingerprint density at radius 3 is 2.42 bits per heavy atom. The molecule has 2 heterocycles. The van der Waals surface area contributed by atoms with E-state index in [0.29, 0.717) is 4.47 Å². The topological polar surface area (TPSA) is 121 Å². The minimum atomic E-state index is -4.07. The van der Waals surface area contributed by atoms with Gasteiger partial charge in [0.1, 0.15) is 11.8 Å². The van der Waals surface area contributed by atoms with Crippen LogP contribution >= 0.6 is 0 Å². The summed E-state index contributed by atoms with van der Waals surface area (Å²) < 4.78 is 86.1. The van der Waals surface area contributed by atoms with Crippen molar-refractivity contribution in [3.63, 3.8) is 0 Å². The van der Waals surface area contributed by atoms with Crippen molar-refractivity contribution in [2.45, 2.75) is 24.3 Å². The molecule has 0 saturated carbocycles. The molecule has 1 aliphatic rings. The normalized spacial score (nSPS) is 15.7. The Hall–Kier alpha value is -3.50. The van der Waals surface area contributed by atoms with Crippen LogP contribution in [0.3, 0.4) is 0 Å². The summed E-state index contributed by atoms with van der Waals surface area (Å²) in [5.41, 5.74) is -0.645. The quantitative estimate of drug-likeness (QED) is 0.308. The molecule has 1 N–H and O–H groups in total. The number of pyridine rings is 1. The number of ether oxygens (including phenoxy) is 1. The molecule has 11 nitrogen and oxygen atoms in total. The van der Waals surface area contributed by atoms with Crippen LogP contribution in [-0.4, -0.2) is 82.2 Å². The van der Waals surface area contributed by atoms with Gasteiger partial charge in [0, 0.05) is 37.6 Å². The predicted molar refractivity (Wildman–Crippen MR) is 126 cm³/mol. The average molecular weight is 564 g/mol. The van der Waals surface area contributed by atoms with Crippen LogP contribution in [0.2, 0.25) is 0 Å². The highest BCUT2D eigenvalue weighted by molar-refractivity contribution is 7.89. The SMILES string of the molecule is CCN(CCN(OC)S(=O)(=O)c1ccncc1)c1c(F)cc(N2C[C@H](CNC(=O)C(F)F)OC2=O)cc1F. The summed E-state index contributed by atoms with van der Waals surface area (Å²) in [6, 6.07) is 4.34. The number of hydroxylamine groups is 1. The number of cyclic esters (lactones) is 1. The number of hydrogen-bond donors (Lipinski definition) is 1. The molecule has 1 aliphatic heterocycles. The first-order valence-electron chi connectivity index (χ1n) is 11.2. The van der Waals surface area contributed by atoms with Gasteiger partial charge in [0.15, 0.2) is 11.6 Å². The molecule has 1 fully saturated rings. The maximum atomic E-state index is 15.1. The van der Waals surface area contributed by atoms with Crippen molar-refractivity contribution in [3.05, 3.63) is 48.3 Å². The smallest absolute Gasteiger partial charge is 0.414 e. The van der Waals surface area contributed by atoms with Crippen LogP contribution in [0, 0.1) is 11.6 Å².